The molecule has 0 N–H and O–H groups in total. The van der Waals surface area contributed by atoms with Crippen LogP contribution < -0.4 is 0 Å². The summed E-state index contributed by atoms with van der Waals surface area (Å²) in [6, 6.07) is 20.3. The van der Waals surface area contributed by atoms with Crippen molar-refractivity contribution in [2.45, 2.75) is 77.4 Å². The minimum absolute atomic E-state index is 0.0738. The van der Waals surface area contributed by atoms with Crippen molar-refractivity contribution in [2.75, 3.05) is 13.2 Å². The molecule has 1 aliphatic heterocycles. The Kier molecular flexibility index (Phi) is 7.66. The van der Waals surface area contributed by atoms with E-state index in [1.165, 1.54) is 29.5 Å². The van der Waals surface area contributed by atoms with Gasteiger partial charge in [0, 0.05) is 11.5 Å². The molecule has 1 aliphatic carbocycles. The molecular formula is C29H37NO2. The molecule has 0 radical (unpaired) electrons. The van der Waals surface area contributed by atoms with Crippen molar-refractivity contribution >= 4 is 0 Å². The quantitative estimate of drug-likeness (QED) is 0.449. The van der Waals surface area contributed by atoms with Gasteiger partial charge in [0.1, 0.15) is 0 Å². The number of ether oxygens (including phenoxy) is 2. The van der Waals surface area contributed by atoms with Crippen LogP contribution in [0.5, 0.6) is 0 Å². The van der Waals surface area contributed by atoms with E-state index in [2.05, 4.69) is 68.4 Å². The lowest BCUT2D eigenvalue weighted by molar-refractivity contribution is -0.206. The molecule has 3 nitrogen and oxygen atoms in total. The van der Waals surface area contributed by atoms with Crippen LogP contribution in [0.3, 0.4) is 0 Å². The molecule has 170 valence electrons. The molecule has 0 atom stereocenters. The lowest BCUT2D eigenvalue weighted by Crippen LogP contribution is -2.26. The molecular weight excluding hydrogens is 394 g/mol. The second kappa shape index (κ2) is 10.6. The lowest BCUT2D eigenvalue weighted by Gasteiger charge is -2.35. The summed E-state index contributed by atoms with van der Waals surface area (Å²) in [5.74, 6) is 1.11. The van der Waals surface area contributed by atoms with Crippen molar-refractivity contribution in [3.63, 3.8) is 0 Å². The van der Waals surface area contributed by atoms with Crippen LogP contribution >= 0.6 is 0 Å². The average molecular weight is 432 g/mol. The van der Waals surface area contributed by atoms with Crippen LogP contribution in [-0.4, -0.2) is 13.2 Å². The highest BCUT2D eigenvalue weighted by atomic mass is 16.7. The van der Waals surface area contributed by atoms with Gasteiger partial charge in [-0.05, 0) is 61.1 Å². The van der Waals surface area contributed by atoms with E-state index in [1.807, 2.05) is 0 Å². The van der Waals surface area contributed by atoms with Gasteiger partial charge in [0.25, 0.3) is 0 Å². The summed E-state index contributed by atoms with van der Waals surface area (Å²) in [4.78, 5) is 0. The summed E-state index contributed by atoms with van der Waals surface area (Å²) in [7, 11) is 0. The van der Waals surface area contributed by atoms with E-state index in [1.54, 1.807) is 0 Å². The molecule has 2 aromatic rings. The fraction of sp³-hybridized carbons (Fsp3) is 0.552. The van der Waals surface area contributed by atoms with E-state index in [-0.39, 0.29) is 11.7 Å². The van der Waals surface area contributed by atoms with Crippen LogP contribution in [0.15, 0.2) is 48.5 Å². The second-order valence-corrected chi connectivity index (χ2v) is 9.81. The molecule has 32 heavy (non-hydrogen) atoms. The van der Waals surface area contributed by atoms with Crippen molar-refractivity contribution in [1.82, 2.24) is 0 Å². The van der Waals surface area contributed by atoms with E-state index in [4.69, 9.17) is 9.47 Å². The van der Waals surface area contributed by atoms with Crippen molar-refractivity contribution in [2.24, 2.45) is 11.3 Å². The molecule has 0 aromatic heterocycles. The van der Waals surface area contributed by atoms with Crippen LogP contribution in [0.4, 0.5) is 0 Å². The molecule has 0 bridgehead atoms. The molecule has 1 heterocycles. The third-order valence-electron chi connectivity index (χ3n) is 7.47. The zero-order chi connectivity index (χ0) is 22.4. The van der Waals surface area contributed by atoms with Gasteiger partial charge in [-0.15, -0.1) is 0 Å². The molecule has 1 saturated carbocycles. The zero-order valence-electron chi connectivity index (χ0n) is 19.7. The van der Waals surface area contributed by atoms with Crippen molar-refractivity contribution in [3.05, 3.63) is 59.7 Å². The number of nitriles is 1. The van der Waals surface area contributed by atoms with Gasteiger partial charge in [0.15, 0.2) is 6.29 Å². The summed E-state index contributed by atoms with van der Waals surface area (Å²) in [6.45, 7) is 5.97. The Balaban J connectivity index is 1.35. The minimum atomic E-state index is -0.237. The molecule has 3 heteroatoms. The smallest absolute Gasteiger partial charge is 0.183 e. The van der Waals surface area contributed by atoms with Gasteiger partial charge in [0.2, 0.25) is 0 Å². The molecule has 2 fully saturated rings. The summed E-state index contributed by atoms with van der Waals surface area (Å²) >= 11 is 0. The van der Waals surface area contributed by atoms with Crippen molar-refractivity contribution in [3.8, 4) is 17.2 Å². The van der Waals surface area contributed by atoms with Gasteiger partial charge >= 0.3 is 0 Å². The lowest BCUT2D eigenvalue weighted by atomic mass is 9.68. The number of hydrogen-bond donors (Lipinski definition) is 0. The Morgan fingerprint density at radius 1 is 0.844 bits per heavy atom. The van der Waals surface area contributed by atoms with Gasteiger partial charge in [-0.3, -0.25) is 0 Å². The predicted molar refractivity (Wildman–Crippen MR) is 129 cm³/mol. The SMILES string of the molecule is CCCC1COC(c2ccc(-c3ccc(C4CCC(C#N)(CCC)CC4)cc3)cc2)OC1. The van der Waals surface area contributed by atoms with E-state index < -0.39 is 0 Å². The maximum Gasteiger partial charge on any atom is 0.183 e. The van der Waals surface area contributed by atoms with E-state index in [0.717, 1.165) is 57.3 Å². The first-order valence-electron chi connectivity index (χ1n) is 12.5. The summed E-state index contributed by atoms with van der Waals surface area (Å²) < 4.78 is 11.9. The first kappa shape index (κ1) is 23.0. The standard InChI is InChI=1S/C29H37NO2/c1-3-5-22-19-31-28(32-20-22)27-12-10-24(11-13-27)23-6-8-25(9-7-23)26-14-17-29(21-30,16-4-2)18-15-26/h6-13,22,26,28H,3-5,14-20H2,1-2H3. The maximum absolute atomic E-state index is 9.66. The summed E-state index contributed by atoms with van der Waals surface area (Å²) in [5.41, 5.74) is 4.89. The Hall–Kier alpha value is -2.15. The van der Waals surface area contributed by atoms with Crippen LogP contribution in [0, 0.1) is 22.7 Å². The zero-order valence-corrected chi connectivity index (χ0v) is 19.7. The average Bonchev–Trinajstić information content (AvgIpc) is 2.86. The molecule has 2 aliphatic rings. The fourth-order valence-electron chi connectivity index (χ4n) is 5.49. The van der Waals surface area contributed by atoms with E-state index >= 15 is 0 Å². The number of benzene rings is 2. The monoisotopic (exact) mass is 431 g/mol. The second-order valence-electron chi connectivity index (χ2n) is 9.81. The molecule has 0 amide bonds. The predicted octanol–water partition coefficient (Wildman–Crippen LogP) is 7.78. The minimum Gasteiger partial charge on any atom is -0.348 e. The Labute approximate surface area is 193 Å². The molecule has 2 aromatic carbocycles. The van der Waals surface area contributed by atoms with Crippen LogP contribution in [0.1, 0.15) is 88.5 Å². The Bertz CT molecular complexity index is 880. The maximum atomic E-state index is 9.66. The first-order valence-corrected chi connectivity index (χ1v) is 12.5. The van der Waals surface area contributed by atoms with Crippen molar-refractivity contribution < 1.29 is 9.47 Å². The number of nitrogens with zero attached hydrogens (tertiary/aromatic N) is 1. The van der Waals surface area contributed by atoms with Gasteiger partial charge < -0.3 is 9.47 Å². The van der Waals surface area contributed by atoms with Gasteiger partial charge in [-0.1, -0.05) is 75.2 Å². The topological polar surface area (TPSA) is 42.2 Å². The molecule has 0 spiro atoms. The van der Waals surface area contributed by atoms with Crippen LogP contribution in [0.2, 0.25) is 0 Å². The third-order valence-corrected chi connectivity index (χ3v) is 7.47. The van der Waals surface area contributed by atoms with E-state index in [0.29, 0.717) is 11.8 Å². The fourth-order valence-corrected chi connectivity index (χ4v) is 5.49. The normalized spacial score (nSPS) is 28.2. The summed E-state index contributed by atoms with van der Waals surface area (Å²) in [6.07, 6.45) is 8.58. The highest BCUT2D eigenvalue weighted by Crippen LogP contribution is 2.45. The van der Waals surface area contributed by atoms with Gasteiger partial charge in [-0.25, -0.2) is 0 Å². The highest BCUT2D eigenvalue weighted by Gasteiger charge is 2.35. The first-order chi connectivity index (χ1) is 15.7. The third kappa shape index (κ3) is 5.25. The molecule has 1 saturated heterocycles. The Morgan fingerprint density at radius 2 is 1.41 bits per heavy atom. The molecule has 4 rings (SSSR count). The Morgan fingerprint density at radius 3 is 1.91 bits per heavy atom. The number of rotatable bonds is 7. The van der Waals surface area contributed by atoms with E-state index in [9.17, 15) is 5.26 Å². The number of hydrogen-bond acceptors (Lipinski definition) is 3. The highest BCUT2D eigenvalue weighted by molar-refractivity contribution is 5.64. The van der Waals surface area contributed by atoms with Crippen LogP contribution in [-0.2, 0) is 9.47 Å². The molecule has 0 unspecified atom stereocenters. The van der Waals surface area contributed by atoms with Crippen molar-refractivity contribution in [1.29, 1.82) is 5.26 Å². The largest absolute Gasteiger partial charge is 0.348 e. The summed E-state index contributed by atoms with van der Waals surface area (Å²) in [5, 5.41) is 9.66. The van der Waals surface area contributed by atoms with Gasteiger partial charge in [0.05, 0.1) is 24.7 Å². The van der Waals surface area contributed by atoms with Gasteiger partial charge in [-0.2, -0.15) is 5.26 Å². The van der Waals surface area contributed by atoms with Crippen LogP contribution in [0.25, 0.3) is 11.1 Å².